The maximum Gasteiger partial charge on any atom is 0.282 e. The van der Waals surface area contributed by atoms with Crippen LogP contribution in [0.4, 0.5) is 11.4 Å². The number of benzene rings is 3. The smallest absolute Gasteiger partial charge is 0.282 e. The van der Waals surface area contributed by atoms with E-state index in [2.05, 4.69) is 5.32 Å². The van der Waals surface area contributed by atoms with E-state index in [1.807, 2.05) is 94.4 Å². The van der Waals surface area contributed by atoms with Crippen LogP contribution in [0.5, 0.6) is 5.75 Å². The Hall–Kier alpha value is -3.86. The van der Waals surface area contributed by atoms with Gasteiger partial charge in [-0.3, -0.25) is 9.59 Å². The van der Waals surface area contributed by atoms with Crippen molar-refractivity contribution >= 4 is 28.8 Å². The Kier molecular flexibility index (Phi) is 5.82. The molecule has 0 atom stereocenters. The molecule has 1 aliphatic rings. The Morgan fingerprint density at radius 1 is 0.812 bits per heavy atom. The number of anilines is 2. The molecule has 4 rings (SSSR count). The maximum absolute atomic E-state index is 13.6. The van der Waals surface area contributed by atoms with Gasteiger partial charge in [-0.15, -0.1) is 0 Å². The first-order valence-corrected chi connectivity index (χ1v) is 10.6. The molecule has 3 aromatic rings. The molecule has 0 bridgehead atoms. The number of hydrogen-bond donors (Lipinski definition) is 1. The molecule has 1 aliphatic heterocycles. The maximum atomic E-state index is 13.6. The number of carbonyl (C=O) groups is 2. The second kappa shape index (κ2) is 8.71. The molecule has 0 radical (unpaired) electrons. The summed E-state index contributed by atoms with van der Waals surface area (Å²) in [6.07, 6.45) is 0.0464. The standard InChI is InChI=1S/C27H26N2O3/c1-17(2)32-22-15-11-20(12-16-22)24-25(28-21-13-9-18(3)10-14-21)27(31)29(26(24)30)23-8-6-5-7-19(23)4/h5-17,28H,1-4H3. The lowest BCUT2D eigenvalue weighted by Gasteiger charge is -2.17. The summed E-state index contributed by atoms with van der Waals surface area (Å²) in [4.78, 5) is 28.3. The van der Waals surface area contributed by atoms with Gasteiger partial charge in [0.2, 0.25) is 0 Å². The summed E-state index contributed by atoms with van der Waals surface area (Å²) in [5.74, 6) is -0.0104. The highest BCUT2D eigenvalue weighted by atomic mass is 16.5. The number of ether oxygens (including phenoxy) is 1. The van der Waals surface area contributed by atoms with E-state index in [1.54, 1.807) is 6.07 Å². The zero-order valence-electron chi connectivity index (χ0n) is 18.7. The summed E-state index contributed by atoms with van der Waals surface area (Å²) in [6, 6.07) is 22.4. The minimum Gasteiger partial charge on any atom is -0.491 e. The summed E-state index contributed by atoms with van der Waals surface area (Å²) >= 11 is 0. The van der Waals surface area contributed by atoms with Crippen molar-refractivity contribution in [3.05, 3.63) is 95.2 Å². The molecule has 0 saturated carbocycles. The van der Waals surface area contributed by atoms with E-state index in [0.717, 1.165) is 16.8 Å². The van der Waals surface area contributed by atoms with E-state index >= 15 is 0 Å². The minimum absolute atomic E-state index is 0.0464. The molecule has 32 heavy (non-hydrogen) atoms. The SMILES string of the molecule is Cc1ccc(NC2=C(c3ccc(OC(C)C)cc3)C(=O)N(c3ccccc3C)C2=O)cc1. The number of hydrogen-bond acceptors (Lipinski definition) is 4. The van der Waals surface area contributed by atoms with E-state index in [9.17, 15) is 9.59 Å². The molecule has 1 N–H and O–H groups in total. The number of rotatable bonds is 6. The van der Waals surface area contributed by atoms with Crippen LogP contribution in [0.25, 0.3) is 5.57 Å². The number of aryl methyl sites for hydroxylation is 2. The molecular formula is C27H26N2O3. The Morgan fingerprint density at radius 2 is 1.47 bits per heavy atom. The van der Waals surface area contributed by atoms with Crippen LogP contribution in [0, 0.1) is 13.8 Å². The van der Waals surface area contributed by atoms with Gasteiger partial charge in [-0.1, -0.05) is 48.0 Å². The van der Waals surface area contributed by atoms with E-state index < -0.39 is 0 Å². The lowest BCUT2D eigenvalue weighted by Crippen LogP contribution is -2.33. The highest BCUT2D eigenvalue weighted by Crippen LogP contribution is 2.35. The zero-order chi connectivity index (χ0) is 22.8. The normalized spacial score (nSPS) is 13.8. The first-order chi connectivity index (χ1) is 15.3. The number of amides is 2. The number of nitrogens with one attached hydrogen (secondary N) is 1. The van der Waals surface area contributed by atoms with E-state index in [4.69, 9.17) is 4.74 Å². The van der Waals surface area contributed by atoms with Crippen LogP contribution in [0.15, 0.2) is 78.5 Å². The molecule has 0 spiro atoms. The van der Waals surface area contributed by atoms with Gasteiger partial charge in [0.1, 0.15) is 11.4 Å². The second-order valence-electron chi connectivity index (χ2n) is 8.16. The van der Waals surface area contributed by atoms with Crippen LogP contribution in [0.3, 0.4) is 0 Å². The fraction of sp³-hybridized carbons (Fsp3) is 0.185. The van der Waals surface area contributed by atoms with Gasteiger partial charge in [0.05, 0.1) is 17.4 Å². The van der Waals surface area contributed by atoms with Crippen molar-refractivity contribution in [1.82, 2.24) is 0 Å². The molecule has 0 fully saturated rings. The van der Waals surface area contributed by atoms with E-state index in [0.29, 0.717) is 22.6 Å². The average molecular weight is 427 g/mol. The summed E-state index contributed by atoms with van der Waals surface area (Å²) < 4.78 is 5.73. The lowest BCUT2D eigenvalue weighted by atomic mass is 10.0. The molecule has 0 aromatic heterocycles. The van der Waals surface area contributed by atoms with Gasteiger partial charge in [0.15, 0.2) is 0 Å². The quantitative estimate of drug-likeness (QED) is 0.530. The predicted octanol–water partition coefficient (Wildman–Crippen LogP) is 5.49. The third kappa shape index (κ3) is 4.14. The first-order valence-electron chi connectivity index (χ1n) is 10.6. The van der Waals surface area contributed by atoms with Gasteiger partial charge in [-0.25, -0.2) is 4.90 Å². The molecule has 5 nitrogen and oxygen atoms in total. The number of imide groups is 1. The molecule has 0 saturated heterocycles. The average Bonchev–Trinajstić information content (AvgIpc) is 3.00. The van der Waals surface area contributed by atoms with Crippen molar-refractivity contribution in [3.8, 4) is 5.75 Å². The van der Waals surface area contributed by atoms with Gasteiger partial charge < -0.3 is 10.1 Å². The van der Waals surface area contributed by atoms with Crippen molar-refractivity contribution in [2.24, 2.45) is 0 Å². The molecule has 1 heterocycles. The largest absolute Gasteiger partial charge is 0.491 e. The van der Waals surface area contributed by atoms with E-state index in [1.165, 1.54) is 4.90 Å². The van der Waals surface area contributed by atoms with Crippen LogP contribution in [0.1, 0.15) is 30.5 Å². The fourth-order valence-electron chi connectivity index (χ4n) is 3.70. The summed E-state index contributed by atoms with van der Waals surface area (Å²) in [5.41, 5.74) is 4.56. The zero-order valence-corrected chi connectivity index (χ0v) is 18.7. The Labute approximate surface area is 188 Å². The van der Waals surface area contributed by atoms with Gasteiger partial charge in [0.25, 0.3) is 11.8 Å². The van der Waals surface area contributed by atoms with Gasteiger partial charge in [-0.05, 0) is 69.2 Å². The lowest BCUT2D eigenvalue weighted by molar-refractivity contribution is -0.120. The van der Waals surface area contributed by atoms with Crippen LogP contribution in [-0.4, -0.2) is 17.9 Å². The van der Waals surface area contributed by atoms with Crippen LogP contribution >= 0.6 is 0 Å². The summed E-state index contributed by atoms with van der Waals surface area (Å²) in [5, 5.41) is 3.20. The predicted molar refractivity (Wildman–Crippen MR) is 128 cm³/mol. The fourth-order valence-corrected chi connectivity index (χ4v) is 3.70. The van der Waals surface area contributed by atoms with Crippen LogP contribution < -0.4 is 15.0 Å². The highest BCUT2D eigenvalue weighted by Gasteiger charge is 2.40. The Morgan fingerprint density at radius 3 is 2.09 bits per heavy atom. The third-order valence-corrected chi connectivity index (χ3v) is 5.28. The Bertz CT molecular complexity index is 1190. The molecule has 2 amide bonds. The molecule has 0 unspecified atom stereocenters. The topological polar surface area (TPSA) is 58.6 Å². The molecule has 0 aliphatic carbocycles. The second-order valence-corrected chi connectivity index (χ2v) is 8.16. The van der Waals surface area contributed by atoms with Crippen molar-refractivity contribution in [1.29, 1.82) is 0 Å². The number of carbonyl (C=O) groups excluding carboxylic acids is 2. The van der Waals surface area contributed by atoms with Crippen molar-refractivity contribution in [2.75, 3.05) is 10.2 Å². The van der Waals surface area contributed by atoms with Crippen molar-refractivity contribution in [2.45, 2.75) is 33.8 Å². The van der Waals surface area contributed by atoms with Crippen molar-refractivity contribution < 1.29 is 14.3 Å². The molecule has 5 heteroatoms. The molecular weight excluding hydrogens is 400 g/mol. The number of nitrogens with zero attached hydrogens (tertiary/aromatic N) is 1. The highest BCUT2D eigenvalue weighted by molar-refractivity contribution is 6.46. The van der Waals surface area contributed by atoms with E-state index in [-0.39, 0.29) is 23.6 Å². The monoisotopic (exact) mass is 426 g/mol. The summed E-state index contributed by atoms with van der Waals surface area (Å²) in [6.45, 7) is 7.80. The summed E-state index contributed by atoms with van der Waals surface area (Å²) in [7, 11) is 0. The van der Waals surface area contributed by atoms with Crippen LogP contribution in [-0.2, 0) is 9.59 Å². The third-order valence-electron chi connectivity index (χ3n) is 5.28. The van der Waals surface area contributed by atoms with Gasteiger partial charge in [-0.2, -0.15) is 0 Å². The van der Waals surface area contributed by atoms with Gasteiger partial charge >= 0.3 is 0 Å². The first kappa shape index (κ1) is 21.4. The molecule has 3 aromatic carbocycles. The van der Waals surface area contributed by atoms with Gasteiger partial charge in [0, 0.05) is 5.69 Å². The minimum atomic E-state index is -0.373. The van der Waals surface area contributed by atoms with Crippen molar-refractivity contribution in [3.63, 3.8) is 0 Å². The van der Waals surface area contributed by atoms with Crippen LogP contribution in [0.2, 0.25) is 0 Å². The molecule has 162 valence electrons. The Balaban J connectivity index is 1.79. The number of para-hydroxylation sites is 1.